The molecule has 0 unspecified atom stereocenters. The van der Waals surface area contributed by atoms with Crippen molar-refractivity contribution in [2.75, 3.05) is 0 Å². The van der Waals surface area contributed by atoms with Gasteiger partial charge in [-0.05, 0) is 0 Å². The molecule has 6 heteroatoms. The molecule has 0 radical (unpaired) electrons. The molecule has 0 aromatic heterocycles. The SMILES string of the molecule is N#CS(=O)(=O)O.[Ca+2].[H-].[H-]. The molecule has 0 amide bonds. The third-order valence-electron chi connectivity index (χ3n) is 0.115. The molecule has 0 fully saturated rings. The van der Waals surface area contributed by atoms with E-state index >= 15 is 0 Å². The number of thiocyanates is 1. The Morgan fingerprint density at radius 2 is 1.86 bits per heavy atom. The fourth-order valence-electron chi connectivity index (χ4n) is 0. The molecule has 0 aliphatic heterocycles. The van der Waals surface area contributed by atoms with Gasteiger partial charge in [-0.1, -0.05) is 0 Å². The molecule has 0 atom stereocenters. The van der Waals surface area contributed by atoms with Crippen molar-refractivity contribution in [3.8, 4) is 5.40 Å². The van der Waals surface area contributed by atoms with Gasteiger partial charge in [0.05, 0.1) is 0 Å². The van der Waals surface area contributed by atoms with Crippen LogP contribution in [0.1, 0.15) is 2.85 Å². The molecule has 0 saturated heterocycles. The van der Waals surface area contributed by atoms with Crippen LogP contribution in [0.3, 0.4) is 0 Å². The summed E-state index contributed by atoms with van der Waals surface area (Å²) in [6, 6.07) is 0. The molecule has 7 heavy (non-hydrogen) atoms. The second-order valence-corrected chi connectivity index (χ2v) is 1.70. The monoisotopic (exact) mass is 149 g/mol. The first-order valence-electron chi connectivity index (χ1n) is 0.944. The fraction of sp³-hybridized carbons (Fsp3) is 0. The van der Waals surface area contributed by atoms with E-state index in [1.165, 1.54) is 0 Å². The van der Waals surface area contributed by atoms with Crippen LogP contribution in [0.15, 0.2) is 0 Å². The van der Waals surface area contributed by atoms with Crippen molar-refractivity contribution >= 4 is 47.9 Å². The smallest absolute Gasteiger partial charge is 1.00 e. The van der Waals surface area contributed by atoms with Gasteiger partial charge in [0.1, 0.15) is 0 Å². The Morgan fingerprint density at radius 1 is 1.71 bits per heavy atom. The van der Waals surface area contributed by atoms with Gasteiger partial charge in [0.15, 0.2) is 0 Å². The summed E-state index contributed by atoms with van der Waals surface area (Å²) in [6.07, 6.45) is 0. The topological polar surface area (TPSA) is 78.2 Å². The molecule has 0 saturated carbocycles. The van der Waals surface area contributed by atoms with Gasteiger partial charge in [0.2, 0.25) is 5.40 Å². The number of hydrogen-bond acceptors (Lipinski definition) is 3. The minimum Gasteiger partial charge on any atom is -1.00 e. The summed E-state index contributed by atoms with van der Waals surface area (Å²) in [6.45, 7) is 0. The zero-order chi connectivity index (χ0) is 5.21. The molecule has 38 valence electrons. The first kappa shape index (κ1) is 10.6. The van der Waals surface area contributed by atoms with E-state index in [4.69, 9.17) is 9.81 Å². The minimum absolute atomic E-state index is 0. The standard InChI is InChI=1S/CHNO3S.Ca.2H/c2-1-6(3,4)5;;;/h(H,3,4,5);;;/q;+2;2*-1. The fourth-order valence-corrected chi connectivity index (χ4v) is 0. The van der Waals surface area contributed by atoms with E-state index in [9.17, 15) is 8.42 Å². The van der Waals surface area contributed by atoms with Crippen molar-refractivity contribution < 1.29 is 15.8 Å². The molecule has 0 spiro atoms. The molecule has 4 nitrogen and oxygen atoms in total. The van der Waals surface area contributed by atoms with Crippen molar-refractivity contribution in [2.24, 2.45) is 0 Å². The van der Waals surface area contributed by atoms with E-state index in [0.29, 0.717) is 5.40 Å². The van der Waals surface area contributed by atoms with E-state index < -0.39 is 10.1 Å². The molecule has 0 aromatic rings. The van der Waals surface area contributed by atoms with Crippen LogP contribution in [-0.2, 0) is 10.1 Å². The van der Waals surface area contributed by atoms with Crippen molar-refractivity contribution in [2.45, 2.75) is 0 Å². The summed E-state index contributed by atoms with van der Waals surface area (Å²) in [5, 5.41) is 7.95. The van der Waals surface area contributed by atoms with Gasteiger partial charge in [-0.15, -0.1) is 0 Å². The summed E-state index contributed by atoms with van der Waals surface area (Å²) in [5.74, 6) is 0. The van der Waals surface area contributed by atoms with E-state index in [0.717, 1.165) is 0 Å². The molecule has 0 heterocycles. The Morgan fingerprint density at radius 3 is 1.86 bits per heavy atom. The van der Waals surface area contributed by atoms with Crippen LogP contribution in [0.5, 0.6) is 0 Å². The van der Waals surface area contributed by atoms with Crippen molar-refractivity contribution in [1.82, 2.24) is 0 Å². The maximum absolute atomic E-state index is 9.19. The molecule has 0 bridgehead atoms. The average Bonchev–Trinajstić information content (AvgIpc) is 1.35. The molecular weight excluding hydrogens is 146 g/mol. The third-order valence-corrected chi connectivity index (χ3v) is 0.346. The summed E-state index contributed by atoms with van der Waals surface area (Å²) in [4.78, 5) is 0. The maximum atomic E-state index is 9.19. The van der Waals surface area contributed by atoms with Gasteiger partial charge in [-0.3, -0.25) is 4.55 Å². The Balaban J connectivity index is -0.0000000417. The molecular formula is CH3CaNO3S. The number of rotatable bonds is 0. The van der Waals surface area contributed by atoms with Gasteiger partial charge >= 0.3 is 47.9 Å². The van der Waals surface area contributed by atoms with Crippen molar-refractivity contribution in [3.05, 3.63) is 0 Å². The Kier molecular flexibility index (Phi) is 5.51. The molecule has 0 aliphatic rings. The van der Waals surface area contributed by atoms with Crippen LogP contribution in [0.2, 0.25) is 0 Å². The van der Waals surface area contributed by atoms with Gasteiger partial charge in [0.25, 0.3) is 0 Å². The van der Waals surface area contributed by atoms with Crippen LogP contribution in [0.25, 0.3) is 0 Å². The van der Waals surface area contributed by atoms with E-state index in [1.54, 1.807) is 0 Å². The average molecular weight is 149 g/mol. The van der Waals surface area contributed by atoms with Crippen LogP contribution in [0.4, 0.5) is 0 Å². The van der Waals surface area contributed by atoms with E-state index in [1.807, 2.05) is 0 Å². The van der Waals surface area contributed by atoms with Crippen molar-refractivity contribution in [1.29, 1.82) is 5.26 Å². The first-order valence-corrected chi connectivity index (χ1v) is 2.38. The largest absolute Gasteiger partial charge is 2.00 e. The Labute approximate surface area is 73.8 Å². The summed E-state index contributed by atoms with van der Waals surface area (Å²) in [7, 11) is -4.36. The summed E-state index contributed by atoms with van der Waals surface area (Å²) < 4.78 is 25.8. The second kappa shape index (κ2) is 3.64. The Hall–Kier alpha value is 0.660. The minimum atomic E-state index is -4.36. The van der Waals surface area contributed by atoms with Crippen LogP contribution in [-0.4, -0.2) is 50.7 Å². The molecule has 0 aliphatic carbocycles. The zero-order valence-electron chi connectivity index (χ0n) is 5.33. The zero-order valence-corrected chi connectivity index (χ0v) is 6.35. The molecule has 0 rings (SSSR count). The quantitative estimate of drug-likeness (QED) is 0.212. The number of hydrogen-bond donors (Lipinski definition) is 1. The maximum Gasteiger partial charge on any atom is 2.00 e. The summed E-state index contributed by atoms with van der Waals surface area (Å²) >= 11 is 0. The summed E-state index contributed by atoms with van der Waals surface area (Å²) in [5.41, 5.74) is 0. The van der Waals surface area contributed by atoms with Gasteiger partial charge < -0.3 is 2.85 Å². The molecule has 0 aromatic carbocycles. The van der Waals surface area contributed by atoms with Crippen LogP contribution >= 0.6 is 0 Å². The normalized spacial score (nSPS) is 8.57. The number of nitrogens with zero attached hydrogens (tertiary/aromatic N) is 1. The first-order chi connectivity index (χ1) is 2.56. The Bertz CT molecular complexity index is 171. The van der Waals surface area contributed by atoms with Gasteiger partial charge in [-0.25, -0.2) is 0 Å². The van der Waals surface area contributed by atoms with E-state index in [2.05, 4.69) is 0 Å². The third kappa shape index (κ3) is 10.8. The van der Waals surface area contributed by atoms with Gasteiger partial charge in [0, 0.05) is 0 Å². The molecule has 1 N–H and O–H groups in total. The number of nitriles is 1. The predicted molar refractivity (Wildman–Crippen MR) is 25.1 cm³/mol. The van der Waals surface area contributed by atoms with Crippen LogP contribution < -0.4 is 0 Å². The predicted octanol–water partition coefficient (Wildman–Crippen LogP) is -0.801. The second-order valence-electron chi connectivity index (χ2n) is 0.566. The van der Waals surface area contributed by atoms with Crippen molar-refractivity contribution in [3.63, 3.8) is 0 Å². The van der Waals surface area contributed by atoms with Crippen LogP contribution in [0, 0.1) is 10.7 Å². The van der Waals surface area contributed by atoms with Gasteiger partial charge in [-0.2, -0.15) is 13.7 Å². The van der Waals surface area contributed by atoms with E-state index in [-0.39, 0.29) is 40.6 Å².